The van der Waals surface area contributed by atoms with Crippen molar-refractivity contribution in [2.45, 2.75) is 37.0 Å². The lowest BCUT2D eigenvalue weighted by molar-refractivity contribution is -0.124. The van der Waals surface area contributed by atoms with Gasteiger partial charge >= 0.3 is 0 Å². The van der Waals surface area contributed by atoms with Crippen molar-refractivity contribution in [3.63, 3.8) is 0 Å². The zero-order valence-corrected chi connectivity index (χ0v) is 13.5. The number of pyridine rings is 2. The number of hydrogen-bond donors (Lipinski definition) is 1. The fourth-order valence-electron chi connectivity index (χ4n) is 4.18. The van der Waals surface area contributed by atoms with E-state index in [9.17, 15) is 4.79 Å². The van der Waals surface area contributed by atoms with E-state index in [1.807, 2.05) is 18.3 Å². The fourth-order valence-corrected chi connectivity index (χ4v) is 4.18. The first kappa shape index (κ1) is 13.8. The maximum absolute atomic E-state index is 13.2. The number of aromatic nitrogens is 2. The molecule has 1 fully saturated rings. The van der Waals surface area contributed by atoms with E-state index in [1.165, 1.54) is 12.8 Å². The summed E-state index contributed by atoms with van der Waals surface area (Å²) in [5, 5.41) is 3.00. The fraction of sp³-hybridized carbons (Fsp3) is 0.368. The van der Waals surface area contributed by atoms with Gasteiger partial charge in [0.15, 0.2) is 0 Å². The van der Waals surface area contributed by atoms with Crippen molar-refractivity contribution in [1.29, 1.82) is 0 Å². The molecule has 2 aromatic heterocycles. The third kappa shape index (κ3) is 1.70. The van der Waals surface area contributed by atoms with Crippen LogP contribution < -0.4 is 5.32 Å². The normalized spacial score (nSPS) is 26.4. The lowest BCUT2D eigenvalue weighted by Gasteiger charge is -2.36. The Hall–Kier alpha value is -2.56. The summed E-state index contributed by atoms with van der Waals surface area (Å²) in [6, 6.07) is 6.12. The summed E-state index contributed by atoms with van der Waals surface area (Å²) < 4.78 is 0. The molecular weight excluding hydrogens is 300 g/mol. The van der Waals surface area contributed by atoms with Gasteiger partial charge in [-0.3, -0.25) is 19.8 Å². The number of carbonyl (C=O) groups excluding carboxylic acids is 1. The predicted molar refractivity (Wildman–Crippen MR) is 90.2 cm³/mol. The topological polar surface area (TPSA) is 67.2 Å². The number of rotatable bonds is 1. The van der Waals surface area contributed by atoms with Crippen molar-refractivity contribution in [1.82, 2.24) is 15.3 Å². The molecule has 1 atom stereocenters. The van der Waals surface area contributed by atoms with Crippen molar-refractivity contribution in [3.05, 3.63) is 58.7 Å². The molecule has 2 aliphatic carbocycles. The second-order valence-corrected chi connectivity index (χ2v) is 6.86. The highest BCUT2D eigenvalue weighted by atomic mass is 16.2. The number of fused-ring (bicyclic) bond motifs is 4. The second-order valence-electron chi connectivity index (χ2n) is 6.86. The molecule has 1 spiro atoms. The number of aryl methyl sites for hydroxylation is 1. The third-order valence-corrected chi connectivity index (χ3v) is 5.57. The molecule has 120 valence electrons. The van der Waals surface area contributed by atoms with Gasteiger partial charge in [0.1, 0.15) is 11.3 Å². The maximum atomic E-state index is 13.2. The quantitative estimate of drug-likeness (QED) is 0.875. The SMILES string of the molecule is CN=C1NC(=O)[C@@]2(CCc3ncccc32)c2cc(C3CC3)ncc21. The molecule has 1 N–H and O–H groups in total. The molecule has 24 heavy (non-hydrogen) atoms. The minimum absolute atomic E-state index is 0.00953. The number of nitrogens with one attached hydrogen (secondary N) is 1. The number of aliphatic imine (C=N–C) groups is 1. The molecule has 0 radical (unpaired) electrons. The summed E-state index contributed by atoms with van der Waals surface area (Å²) >= 11 is 0. The van der Waals surface area contributed by atoms with Gasteiger partial charge in [0.05, 0.1) is 0 Å². The molecule has 1 aliphatic heterocycles. The van der Waals surface area contributed by atoms with E-state index in [0.29, 0.717) is 11.8 Å². The number of hydrogen-bond acceptors (Lipinski definition) is 4. The Morgan fingerprint density at radius 3 is 2.96 bits per heavy atom. The van der Waals surface area contributed by atoms with Crippen molar-refractivity contribution < 1.29 is 4.79 Å². The molecule has 5 rings (SSSR count). The molecule has 0 bridgehead atoms. The molecule has 3 aliphatic rings. The molecule has 0 saturated heterocycles. The summed E-state index contributed by atoms with van der Waals surface area (Å²) in [5.41, 5.74) is 4.51. The molecule has 5 heteroatoms. The van der Waals surface area contributed by atoms with Gasteiger partial charge in [-0.2, -0.15) is 0 Å². The first-order valence-electron chi connectivity index (χ1n) is 8.47. The zero-order chi connectivity index (χ0) is 16.3. The number of nitrogens with zero attached hydrogens (tertiary/aromatic N) is 3. The van der Waals surface area contributed by atoms with Crippen LogP contribution in [0.4, 0.5) is 0 Å². The van der Waals surface area contributed by atoms with E-state index in [2.05, 4.69) is 26.3 Å². The van der Waals surface area contributed by atoms with Crippen molar-refractivity contribution in [2.24, 2.45) is 4.99 Å². The summed E-state index contributed by atoms with van der Waals surface area (Å²) in [7, 11) is 1.70. The van der Waals surface area contributed by atoms with Crippen LogP contribution in [0.15, 0.2) is 35.6 Å². The van der Waals surface area contributed by atoms with Gasteiger partial charge in [-0.15, -0.1) is 0 Å². The third-order valence-electron chi connectivity index (χ3n) is 5.57. The number of amides is 1. The Balaban J connectivity index is 1.80. The highest BCUT2D eigenvalue weighted by Gasteiger charge is 2.52. The highest BCUT2D eigenvalue weighted by molar-refractivity contribution is 6.17. The molecule has 0 unspecified atom stereocenters. The van der Waals surface area contributed by atoms with Crippen LogP contribution in [0, 0.1) is 0 Å². The average molecular weight is 318 g/mol. The molecule has 1 amide bonds. The van der Waals surface area contributed by atoms with Crippen LogP contribution in [-0.2, 0) is 16.6 Å². The van der Waals surface area contributed by atoms with Crippen LogP contribution in [0.3, 0.4) is 0 Å². The van der Waals surface area contributed by atoms with Crippen LogP contribution >= 0.6 is 0 Å². The lowest BCUT2D eigenvalue weighted by atomic mass is 9.71. The van der Waals surface area contributed by atoms with Gasteiger partial charge in [0.2, 0.25) is 5.91 Å². The first-order chi connectivity index (χ1) is 11.7. The molecule has 1 saturated carbocycles. The Labute approximate surface area is 140 Å². The van der Waals surface area contributed by atoms with E-state index >= 15 is 0 Å². The Morgan fingerprint density at radius 2 is 2.17 bits per heavy atom. The highest BCUT2D eigenvalue weighted by Crippen LogP contribution is 2.48. The average Bonchev–Trinajstić information content (AvgIpc) is 3.40. The van der Waals surface area contributed by atoms with Crippen LogP contribution in [-0.4, -0.2) is 28.8 Å². The summed E-state index contributed by atoms with van der Waals surface area (Å²) in [6.07, 6.45) is 7.66. The van der Waals surface area contributed by atoms with Crippen LogP contribution in [0.25, 0.3) is 0 Å². The van der Waals surface area contributed by atoms with Crippen LogP contribution in [0.2, 0.25) is 0 Å². The standard InChI is InChI=1S/C19H18N4O/c1-20-17-12-10-22-16(11-4-5-11)9-14(12)19(18(24)23-17)7-6-15-13(19)3-2-8-21-15/h2-3,8-11H,4-7H2,1H3,(H,20,23,24)/t19-/m1/s1. The minimum Gasteiger partial charge on any atom is -0.309 e. The number of amidine groups is 1. The number of carbonyl (C=O) groups is 1. The van der Waals surface area contributed by atoms with Crippen LogP contribution in [0.5, 0.6) is 0 Å². The molecule has 2 aromatic rings. The van der Waals surface area contributed by atoms with E-state index in [0.717, 1.165) is 40.9 Å². The summed E-state index contributed by atoms with van der Waals surface area (Å²) in [4.78, 5) is 26.6. The first-order valence-corrected chi connectivity index (χ1v) is 8.47. The van der Waals surface area contributed by atoms with Gasteiger partial charge in [0.25, 0.3) is 0 Å². The minimum atomic E-state index is -0.653. The summed E-state index contributed by atoms with van der Waals surface area (Å²) in [5.74, 6) is 1.18. The molecular formula is C19H18N4O. The van der Waals surface area contributed by atoms with E-state index < -0.39 is 5.41 Å². The van der Waals surface area contributed by atoms with Gasteiger partial charge in [-0.25, -0.2) is 0 Å². The van der Waals surface area contributed by atoms with E-state index in [1.54, 1.807) is 13.2 Å². The molecule has 3 heterocycles. The zero-order valence-electron chi connectivity index (χ0n) is 13.5. The smallest absolute Gasteiger partial charge is 0.240 e. The van der Waals surface area contributed by atoms with Crippen molar-refractivity contribution in [3.8, 4) is 0 Å². The molecule has 5 nitrogen and oxygen atoms in total. The van der Waals surface area contributed by atoms with Gasteiger partial charge in [-0.05, 0) is 48.9 Å². The van der Waals surface area contributed by atoms with Gasteiger partial charge in [-0.1, -0.05) is 6.07 Å². The van der Waals surface area contributed by atoms with E-state index in [-0.39, 0.29) is 5.91 Å². The van der Waals surface area contributed by atoms with Gasteiger partial charge < -0.3 is 5.32 Å². The largest absolute Gasteiger partial charge is 0.309 e. The lowest BCUT2D eigenvalue weighted by Crippen LogP contribution is -2.52. The predicted octanol–water partition coefficient (Wildman–Crippen LogP) is 2.09. The monoisotopic (exact) mass is 318 g/mol. The molecule has 0 aromatic carbocycles. The van der Waals surface area contributed by atoms with Gasteiger partial charge in [0, 0.05) is 42.3 Å². The Morgan fingerprint density at radius 1 is 1.29 bits per heavy atom. The van der Waals surface area contributed by atoms with Crippen molar-refractivity contribution in [2.75, 3.05) is 7.05 Å². The van der Waals surface area contributed by atoms with Crippen molar-refractivity contribution >= 4 is 11.7 Å². The summed E-state index contributed by atoms with van der Waals surface area (Å²) in [6.45, 7) is 0. The van der Waals surface area contributed by atoms with E-state index in [4.69, 9.17) is 0 Å². The van der Waals surface area contributed by atoms with Crippen LogP contribution in [0.1, 0.15) is 53.3 Å². The Kier molecular flexibility index (Phi) is 2.72. The maximum Gasteiger partial charge on any atom is 0.240 e. The Bertz CT molecular complexity index is 900. The second kappa shape index (κ2) is 4.72.